The summed E-state index contributed by atoms with van der Waals surface area (Å²) in [5, 5.41) is 0. The first-order valence-electron chi connectivity index (χ1n) is 5.78. The molecule has 0 aromatic carbocycles. The number of methoxy groups -OCH3 is 1. The fraction of sp³-hybridized carbons (Fsp3) is 0.667. The van der Waals surface area contributed by atoms with E-state index in [4.69, 9.17) is 24.4 Å². The first kappa shape index (κ1) is 14.2. The van der Waals surface area contributed by atoms with E-state index in [1.165, 1.54) is 0 Å². The summed E-state index contributed by atoms with van der Waals surface area (Å²) >= 11 is 0. The Morgan fingerprint density at radius 1 is 1.18 bits per heavy atom. The molecular weight excluding hydrogens is 222 g/mol. The summed E-state index contributed by atoms with van der Waals surface area (Å²) in [4.78, 5) is 0. The summed E-state index contributed by atoms with van der Waals surface area (Å²) in [6.45, 7) is 3.55. The Kier molecular flexibility index (Phi) is 7.66. The lowest BCUT2D eigenvalue weighted by Crippen LogP contribution is -2.06. The van der Waals surface area contributed by atoms with Crippen molar-refractivity contribution in [2.75, 3.05) is 33.5 Å². The molecule has 5 nitrogen and oxygen atoms in total. The molecule has 0 bridgehead atoms. The van der Waals surface area contributed by atoms with E-state index < -0.39 is 0 Å². The molecule has 0 aliphatic carbocycles. The molecule has 0 radical (unpaired) electrons. The summed E-state index contributed by atoms with van der Waals surface area (Å²) in [5.41, 5.74) is 6.55. The zero-order chi connectivity index (χ0) is 12.3. The fourth-order valence-corrected chi connectivity index (χ4v) is 1.35. The van der Waals surface area contributed by atoms with Crippen LogP contribution in [0, 0.1) is 0 Å². The normalized spacial score (nSPS) is 10.9. The summed E-state index contributed by atoms with van der Waals surface area (Å²) in [6.07, 6.45) is 2.50. The quantitative estimate of drug-likeness (QED) is 0.627. The first-order valence-corrected chi connectivity index (χ1v) is 5.78. The maximum atomic E-state index is 5.55. The molecule has 1 aromatic rings. The zero-order valence-corrected chi connectivity index (χ0v) is 10.3. The van der Waals surface area contributed by atoms with Crippen molar-refractivity contribution in [3.63, 3.8) is 0 Å². The topological polar surface area (TPSA) is 66.8 Å². The van der Waals surface area contributed by atoms with E-state index in [9.17, 15) is 0 Å². The van der Waals surface area contributed by atoms with Gasteiger partial charge in [-0.15, -0.1) is 0 Å². The van der Waals surface area contributed by atoms with Crippen LogP contribution in [-0.4, -0.2) is 33.5 Å². The molecule has 0 aliphatic rings. The first-order chi connectivity index (χ1) is 8.38. The van der Waals surface area contributed by atoms with Crippen molar-refractivity contribution in [1.82, 2.24) is 0 Å². The third kappa shape index (κ3) is 5.83. The number of hydrogen-bond donors (Lipinski definition) is 1. The van der Waals surface area contributed by atoms with Gasteiger partial charge in [0.25, 0.3) is 0 Å². The maximum Gasteiger partial charge on any atom is 0.133 e. The summed E-state index contributed by atoms with van der Waals surface area (Å²) < 4.78 is 20.9. The SMILES string of the molecule is COCCOCCCOCc1occc1CN. The van der Waals surface area contributed by atoms with Crippen molar-refractivity contribution in [2.24, 2.45) is 5.73 Å². The Bertz CT molecular complexity index is 288. The van der Waals surface area contributed by atoms with E-state index in [1.54, 1.807) is 13.4 Å². The highest BCUT2D eigenvalue weighted by Crippen LogP contribution is 2.10. The number of ether oxygens (including phenoxy) is 3. The van der Waals surface area contributed by atoms with Gasteiger partial charge in [-0.3, -0.25) is 0 Å². The molecular formula is C12H21NO4. The van der Waals surface area contributed by atoms with Crippen LogP contribution in [0.1, 0.15) is 17.7 Å². The molecule has 98 valence electrons. The highest BCUT2D eigenvalue weighted by atomic mass is 16.5. The number of nitrogens with two attached hydrogens (primary N) is 1. The van der Waals surface area contributed by atoms with Crippen LogP contribution >= 0.6 is 0 Å². The highest BCUT2D eigenvalue weighted by Gasteiger charge is 2.03. The Hall–Kier alpha value is -0.880. The van der Waals surface area contributed by atoms with Crippen LogP contribution in [0.15, 0.2) is 16.7 Å². The fourth-order valence-electron chi connectivity index (χ4n) is 1.35. The lowest BCUT2D eigenvalue weighted by molar-refractivity contribution is 0.0451. The van der Waals surface area contributed by atoms with Crippen LogP contribution in [0.4, 0.5) is 0 Å². The molecule has 0 unspecified atom stereocenters. The minimum Gasteiger partial charge on any atom is -0.467 e. The van der Waals surface area contributed by atoms with E-state index >= 15 is 0 Å². The summed E-state index contributed by atoms with van der Waals surface area (Å²) in [7, 11) is 1.66. The van der Waals surface area contributed by atoms with Crippen LogP contribution < -0.4 is 5.73 Å². The second-order valence-corrected chi connectivity index (χ2v) is 3.58. The van der Waals surface area contributed by atoms with Gasteiger partial charge in [0.1, 0.15) is 12.4 Å². The van der Waals surface area contributed by atoms with Gasteiger partial charge >= 0.3 is 0 Å². The van der Waals surface area contributed by atoms with Gasteiger partial charge in [0.2, 0.25) is 0 Å². The largest absolute Gasteiger partial charge is 0.467 e. The third-order valence-electron chi connectivity index (χ3n) is 2.30. The minimum absolute atomic E-state index is 0.470. The van der Waals surface area contributed by atoms with Crippen molar-refractivity contribution < 1.29 is 18.6 Å². The van der Waals surface area contributed by atoms with Crippen molar-refractivity contribution in [3.05, 3.63) is 23.7 Å². The van der Waals surface area contributed by atoms with Crippen molar-refractivity contribution in [1.29, 1.82) is 0 Å². The molecule has 17 heavy (non-hydrogen) atoms. The Morgan fingerprint density at radius 2 is 2.00 bits per heavy atom. The smallest absolute Gasteiger partial charge is 0.133 e. The molecule has 2 N–H and O–H groups in total. The van der Waals surface area contributed by atoms with Gasteiger partial charge in [-0.1, -0.05) is 0 Å². The summed E-state index contributed by atoms with van der Waals surface area (Å²) in [6, 6.07) is 1.87. The molecule has 1 heterocycles. The second-order valence-electron chi connectivity index (χ2n) is 3.58. The molecule has 0 saturated carbocycles. The average Bonchev–Trinajstić information content (AvgIpc) is 2.80. The number of hydrogen-bond acceptors (Lipinski definition) is 5. The number of furan rings is 1. The molecule has 0 saturated heterocycles. The van der Waals surface area contributed by atoms with Gasteiger partial charge in [0, 0.05) is 32.4 Å². The molecule has 5 heteroatoms. The van der Waals surface area contributed by atoms with Crippen LogP contribution in [-0.2, 0) is 27.4 Å². The Balaban J connectivity index is 1.97. The molecule has 1 aromatic heterocycles. The van der Waals surface area contributed by atoms with Crippen LogP contribution in [0.25, 0.3) is 0 Å². The maximum absolute atomic E-state index is 5.55. The lowest BCUT2D eigenvalue weighted by Gasteiger charge is -2.05. The van der Waals surface area contributed by atoms with Gasteiger partial charge in [-0.2, -0.15) is 0 Å². The van der Waals surface area contributed by atoms with Crippen LogP contribution in [0.3, 0.4) is 0 Å². The zero-order valence-electron chi connectivity index (χ0n) is 10.3. The van der Waals surface area contributed by atoms with Crippen LogP contribution in [0.5, 0.6) is 0 Å². The van der Waals surface area contributed by atoms with Crippen molar-refractivity contribution in [2.45, 2.75) is 19.6 Å². The van der Waals surface area contributed by atoms with Gasteiger partial charge in [-0.05, 0) is 12.5 Å². The van der Waals surface area contributed by atoms with Crippen molar-refractivity contribution >= 4 is 0 Å². The molecule has 0 amide bonds. The van der Waals surface area contributed by atoms with Gasteiger partial charge in [0.15, 0.2) is 0 Å². The highest BCUT2D eigenvalue weighted by molar-refractivity contribution is 5.15. The monoisotopic (exact) mass is 243 g/mol. The summed E-state index contributed by atoms with van der Waals surface area (Å²) in [5.74, 6) is 0.813. The van der Waals surface area contributed by atoms with Gasteiger partial charge in [-0.25, -0.2) is 0 Å². The minimum atomic E-state index is 0.470. The molecule has 0 aliphatic heterocycles. The Labute approximate surface area is 102 Å². The predicted molar refractivity (Wildman–Crippen MR) is 63.6 cm³/mol. The molecule has 0 atom stereocenters. The van der Waals surface area contributed by atoms with E-state index in [-0.39, 0.29) is 0 Å². The predicted octanol–water partition coefficient (Wildman–Crippen LogP) is 1.31. The molecule has 0 fully saturated rings. The van der Waals surface area contributed by atoms with Gasteiger partial charge in [0.05, 0.1) is 19.5 Å². The van der Waals surface area contributed by atoms with E-state index in [0.717, 1.165) is 17.7 Å². The van der Waals surface area contributed by atoms with Crippen LogP contribution in [0.2, 0.25) is 0 Å². The van der Waals surface area contributed by atoms with E-state index in [1.807, 2.05) is 6.07 Å². The second kappa shape index (κ2) is 9.18. The number of rotatable bonds is 10. The lowest BCUT2D eigenvalue weighted by atomic mass is 10.2. The standard InChI is InChI=1S/C12H21NO4/c1-14-7-8-15-4-2-5-16-10-12-11(9-13)3-6-17-12/h3,6H,2,4-5,7-10,13H2,1H3. The van der Waals surface area contributed by atoms with Crippen molar-refractivity contribution in [3.8, 4) is 0 Å². The molecule has 0 spiro atoms. The van der Waals surface area contributed by atoms with E-state index in [0.29, 0.717) is 39.6 Å². The Morgan fingerprint density at radius 3 is 2.76 bits per heavy atom. The third-order valence-corrected chi connectivity index (χ3v) is 2.30. The average molecular weight is 243 g/mol. The molecule has 1 rings (SSSR count). The van der Waals surface area contributed by atoms with Gasteiger partial charge < -0.3 is 24.4 Å². The van der Waals surface area contributed by atoms with E-state index in [2.05, 4.69) is 0 Å².